The van der Waals surface area contributed by atoms with Crippen LogP contribution in [0.2, 0.25) is 5.02 Å². The Hall–Kier alpha value is -1.76. The molecule has 7 heteroatoms. The number of sulfonamides is 1. The van der Waals surface area contributed by atoms with Crippen molar-refractivity contribution in [3.63, 3.8) is 0 Å². The zero-order valence-corrected chi connectivity index (χ0v) is 13.2. The lowest BCUT2D eigenvalue weighted by molar-refractivity contribution is 0.588. The van der Waals surface area contributed by atoms with Crippen LogP contribution in [0.5, 0.6) is 0 Å². The SMILES string of the molecule is CNS(=O)(=O)c1cc(N)ccc1Nc1c(C)cccc1Cl. The summed E-state index contributed by atoms with van der Waals surface area (Å²) in [4.78, 5) is 0.0734. The molecule has 0 bridgehead atoms. The summed E-state index contributed by atoms with van der Waals surface area (Å²) in [6.07, 6.45) is 0. The molecular weight excluding hydrogens is 310 g/mol. The van der Waals surface area contributed by atoms with E-state index in [1.54, 1.807) is 18.2 Å². The van der Waals surface area contributed by atoms with Gasteiger partial charge in [-0.25, -0.2) is 13.1 Å². The first kappa shape index (κ1) is 15.6. The van der Waals surface area contributed by atoms with Crippen molar-refractivity contribution in [2.45, 2.75) is 11.8 Å². The summed E-state index contributed by atoms with van der Waals surface area (Å²) >= 11 is 6.16. The van der Waals surface area contributed by atoms with Gasteiger partial charge >= 0.3 is 0 Å². The maximum absolute atomic E-state index is 12.1. The molecule has 0 spiro atoms. The van der Waals surface area contributed by atoms with Gasteiger partial charge in [0.15, 0.2) is 0 Å². The van der Waals surface area contributed by atoms with Gasteiger partial charge in [-0.2, -0.15) is 0 Å². The molecule has 2 rings (SSSR count). The van der Waals surface area contributed by atoms with E-state index >= 15 is 0 Å². The van der Waals surface area contributed by atoms with Gasteiger partial charge in [0, 0.05) is 5.69 Å². The summed E-state index contributed by atoms with van der Waals surface area (Å²) in [5, 5.41) is 3.58. The summed E-state index contributed by atoms with van der Waals surface area (Å²) in [5.74, 6) is 0. The van der Waals surface area contributed by atoms with Crippen molar-refractivity contribution in [2.24, 2.45) is 0 Å². The van der Waals surface area contributed by atoms with Crippen LogP contribution in [0.25, 0.3) is 0 Å². The van der Waals surface area contributed by atoms with Crippen LogP contribution in [-0.4, -0.2) is 15.5 Å². The first-order valence-corrected chi connectivity index (χ1v) is 8.06. The fourth-order valence-electron chi connectivity index (χ4n) is 1.90. The van der Waals surface area contributed by atoms with Crippen LogP contribution >= 0.6 is 11.6 Å². The summed E-state index contributed by atoms with van der Waals surface area (Å²) in [7, 11) is -2.28. The van der Waals surface area contributed by atoms with Gasteiger partial charge in [-0.15, -0.1) is 0 Å². The minimum Gasteiger partial charge on any atom is -0.399 e. The molecule has 0 atom stereocenters. The molecular formula is C14H16ClN3O2S. The number of benzene rings is 2. The number of nitrogen functional groups attached to an aromatic ring is 1. The Bertz CT molecular complexity index is 756. The van der Waals surface area contributed by atoms with E-state index in [4.69, 9.17) is 17.3 Å². The van der Waals surface area contributed by atoms with E-state index in [9.17, 15) is 8.42 Å². The van der Waals surface area contributed by atoms with E-state index in [1.807, 2.05) is 19.1 Å². The summed E-state index contributed by atoms with van der Waals surface area (Å²) in [6, 6.07) is 10.1. The number of nitrogens with one attached hydrogen (secondary N) is 2. The van der Waals surface area contributed by atoms with Crippen LogP contribution in [0.15, 0.2) is 41.3 Å². The summed E-state index contributed by atoms with van der Waals surface area (Å²) in [5.41, 5.74) is 8.04. The third kappa shape index (κ3) is 3.29. The molecule has 0 fully saturated rings. The molecule has 0 saturated carbocycles. The van der Waals surface area contributed by atoms with Gasteiger partial charge in [0.2, 0.25) is 10.0 Å². The quantitative estimate of drug-likeness (QED) is 0.755. The van der Waals surface area contributed by atoms with Gasteiger partial charge in [-0.05, 0) is 43.8 Å². The van der Waals surface area contributed by atoms with E-state index in [0.29, 0.717) is 22.1 Å². The number of nitrogens with two attached hydrogens (primary N) is 1. The van der Waals surface area contributed by atoms with Crippen LogP contribution < -0.4 is 15.8 Å². The lowest BCUT2D eigenvalue weighted by atomic mass is 10.2. The molecule has 5 nitrogen and oxygen atoms in total. The Balaban J connectivity index is 2.56. The van der Waals surface area contributed by atoms with Crippen LogP contribution in [0.4, 0.5) is 17.1 Å². The fourth-order valence-corrected chi connectivity index (χ4v) is 3.09. The maximum atomic E-state index is 12.1. The molecule has 0 heterocycles. The van der Waals surface area contributed by atoms with Gasteiger partial charge in [0.25, 0.3) is 0 Å². The minimum atomic E-state index is -3.63. The molecule has 21 heavy (non-hydrogen) atoms. The fraction of sp³-hybridized carbons (Fsp3) is 0.143. The van der Waals surface area contributed by atoms with Crippen LogP contribution in [0.1, 0.15) is 5.56 Å². The highest BCUT2D eigenvalue weighted by atomic mass is 35.5. The molecule has 0 aliphatic carbocycles. The Morgan fingerprint density at radius 1 is 1.19 bits per heavy atom. The Morgan fingerprint density at radius 3 is 2.52 bits per heavy atom. The summed E-state index contributed by atoms with van der Waals surface area (Å²) in [6.45, 7) is 1.89. The molecule has 2 aromatic carbocycles. The Morgan fingerprint density at radius 2 is 1.90 bits per heavy atom. The molecule has 0 amide bonds. The van der Waals surface area contributed by atoms with Crippen LogP contribution in [-0.2, 0) is 10.0 Å². The highest BCUT2D eigenvalue weighted by molar-refractivity contribution is 7.89. The molecule has 4 N–H and O–H groups in total. The highest BCUT2D eigenvalue weighted by Gasteiger charge is 2.18. The first-order chi connectivity index (χ1) is 9.85. The zero-order chi connectivity index (χ0) is 15.6. The molecule has 0 radical (unpaired) electrons. The van der Waals surface area contributed by atoms with Crippen molar-refractivity contribution in [2.75, 3.05) is 18.1 Å². The van der Waals surface area contributed by atoms with Crippen LogP contribution in [0.3, 0.4) is 0 Å². The van der Waals surface area contributed by atoms with Gasteiger partial charge in [-0.3, -0.25) is 0 Å². The summed E-state index contributed by atoms with van der Waals surface area (Å²) < 4.78 is 26.5. The van der Waals surface area contributed by atoms with Gasteiger partial charge in [0.05, 0.1) is 16.4 Å². The Kier molecular flexibility index (Phi) is 4.41. The van der Waals surface area contributed by atoms with Crippen molar-refractivity contribution in [3.8, 4) is 0 Å². The first-order valence-electron chi connectivity index (χ1n) is 6.20. The number of rotatable bonds is 4. The van der Waals surface area contributed by atoms with Crippen LogP contribution in [0, 0.1) is 6.92 Å². The van der Waals surface area contributed by atoms with Crippen molar-refractivity contribution in [1.82, 2.24) is 4.72 Å². The van der Waals surface area contributed by atoms with E-state index in [0.717, 1.165) is 5.56 Å². The van der Waals surface area contributed by atoms with E-state index in [2.05, 4.69) is 10.0 Å². The predicted octanol–water partition coefficient (Wildman–Crippen LogP) is 2.88. The Labute approximate surface area is 129 Å². The third-order valence-corrected chi connectivity index (χ3v) is 4.81. The molecule has 2 aromatic rings. The normalized spacial score (nSPS) is 11.4. The van der Waals surface area contributed by atoms with Crippen molar-refractivity contribution in [3.05, 3.63) is 47.0 Å². The third-order valence-electron chi connectivity index (χ3n) is 3.05. The molecule has 0 aliphatic heterocycles. The van der Waals surface area contributed by atoms with Crippen molar-refractivity contribution < 1.29 is 8.42 Å². The number of aryl methyl sites for hydroxylation is 1. The second kappa shape index (κ2) is 5.93. The van der Waals surface area contributed by atoms with Gasteiger partial charge < -0.3 is 11.1 Å². The van der Waals surface area contributed by atoms with E-state index in [1.165, 1.54) is 13.1 Å². The number of hydrogen-bond acceptors (Lipinski definition) is 4. The smallest absolute Gasteiger partial charge is 0.242 e. The molecule has 112 valence electrons. The zero-order valence-electron chi connectivity index (χ0n) is 11.6. The minimum absolute atomic E-state index is 0.0734. The lowest BCUT2D eigenvalue weighted by Gasteiger charge is -2.15. The standard InChI is InChI=1S/C14H16ClN3O2S/c1-9-4-3-5-11(15)14(9)18-12-7-6-10(16)8-13(12)21(19,20)17-2/h3-8,17-18H,16H2,1-2H3. The van der Waals surface area contributed by atoms with Crippen molar-refractivity contribution >= 4 is 38.7 Å². The largest absolute Gasteiger partial charge is 0.399 e. The van der Waals surface area contributed by atoms with E-state index < -0.39 is 10.0 Å². The van der Waals surface area contributed by atoms with E-state index in [-0.39, 0.29) is 4.90 Å². The predicted molar refractivity (Wildman–Crippen MR) is 86.6 cm³/mol. The highest BCUT2D eigenvalue weighted by Crippen LogP contribution is 2.32. The van der Waals surface area contributed by atoms with Gasteiger partial charge in [0.1, 0.15) is 4.90 Å². The van der Waals surface area contributed by atoms with Gasteiger partial charge in [-0.1, -0.05) is 23.7 Å². The second-order valence-corrected chi connectivity index (χ2v) is 6.78. The average molecular weight is 326 g/mol. The second-order valence-electron chi connectivity index (χ2n) is 4.52. The molecule has 0 aromatic heterocycles. The monoisotopic (exact) mass is 325 g/mol. The topological polar surface area (TPSA) is 84.2 Å². The number of para-hydroxylation sites is 1. The molecule has 0 aliphatic rings. The number of anilines is 3. The molecule has 0 unspecified atom stereocenters. The number of hydrogen-bond donors (Lipinski definition) is 3. The number of halogens is 1. The lowest BCUT2D eigenvalue weighted by Crippen LogP contribution is -2.20. The van der Waals surface area contributed by atoms with Crippen molar-refractivity contribution in [1.29, 1.82) is 0 Å². The molecule has 0 saturated heterocycles. The average Bonchev–Trinajstić information content (AvgIpc) is 2.44. The maximum Gasteiger partial charge on any atom is 0.242 e.